The highest BCUT2D eigenvalue weighted by atomic mass is 32.1. The summed E-state index contributed by atoms with van der Waals surface area (Å²) in [5, 5.41) is 2.61. The number of carbonyl (C=O) groups is 1. The van der Waals surface area contributed by atoms with Crippen molar-refractivity contribution in [3.05, 3.63) is 28.0 Å². The first-order chi connectivity index (χ1) is 5.33. The molecule has 56 valence electrons. The molecule has 3 nitrogen and oxygen atoms in total. The highest BCUT2D eigenvalue weighted by Gasteiger charge is 2.06. The summed E-state index contributed by atoms with van der Waals surface area (Å²) in [5.41, 5.74) is 0. The van der Waals surface area contributed by atoms with Crippen LogP contribution in [0.3, 0.4) is 0 Å². The molecule has 0 saturated carbocycles. The van der Waals surface area contributed by atoms with Gasteiger partial charge in [-0.05, 0) is 0 Å². The highest BCUT2D eigenvalue weighted by molar-refractivity contribution is 7.09. The van der Waals surface area contributed by atoms with Gasteiger partial charge >= 0.3 is 0 Å². The summed E-state index contributed by atoms with van der Waals surface area (Å²) in [6, 6.07) is 0. The lowest BCUT2D eigenvalue weighted by molar-refractivity contribution is -0.116. The zero-order chi connectivity index (χ0) is 8.10. The van der Waals surface area contributed by atoms with Gasteiger partial charge in [0.25, 0.3) is 6.54 Å². The second kappa shape index (κ2) is 3.84. The van der Waals surface area contributed by atoms with Gasteiger partial charge in [-0.25, -0.2) is 11.6 Å². The Morgan fingerprint density at radius 2 is 2.64 bits per heavy atom. The van der Waals surface area contributed by atoms with E-state index in [0.29, 0.717) is 6.42 Å². The normalized spacial score (nSPS) is 9.00. The minimum Gasteiger partial charge on any atom is -0.309 e. The van der Waals surface area contributed by atoms with Crippen LogP contribution in [0.5, 0.6) is 0 Å². The van der Waals surface area contributed by atoms with Crippen molar-refractivity contribution >= 4 is 17.1 Å². The maximum Gasteiger partial charge on any atom is 0.272 e. The summed E-state index contributed by atoms with van der Waals surface area (Å²) >= 11 is 1.44. The molecule has 0 N–H and O–H groups in total. The largest absolute Gasteiger partial charge is 0.309 e. The van der Waals surface area contributed by atoms with Crippen LogP contribution >= 0.6 is 11.3 Å². The lowest BCUT2D eigenvalue weighted by Crippen LogP contribution is -2.04. The van der Waals surface area contributed by atoms with E-state index >= 15 is 0 Å². The molecule has 0 spiro atoms. The van der Waals surface area contributed by atoms with Crippen molar-refractivity contribution < 1.29 is 4.79 Å². The zero-order valence-corrected chi connectivity index (χ0v) is 6.60. The third-order valence-corrected chi connectivity index (χ3v) is 1.87. The van der Waals surface area contributed by atoms with Crippen molar-refractivity contribution in [2.75, 3.05) is 6.54 Å². The van der Waals surface area contributed by atoms with Crippen LogP contribution in [0.4, 0.5) is 0 Å². The first kappa shape index (κ1) is 7.89. The molecule has 1 aromatic heterocycles. The number of Topliss-reactive ketones (excluding diaryl/α,β-unsaturated/α-hetero) is 1. The lowest BCUT2D eigenvalue weighted by atomic mass is 10.3. The lowest BCUT2D eigenvalue weighted by Gasteiger charge is -1.86. The summed E-state index contributed by atoms with van der Waals surface area (Å²) in [6.07, 6.45) is 1.96. The third-order valence-electron chi connectivity index (χ3n) is 1.09. The molecule has 0 bridgehead atoms. The molecule has 1 rings (SSSR count). The molecule has 4 heteroatoms. The van der Waals surface area contributed by atoms with Crippen LogP contribution in [0.2, 0.25) is 0 Å². The number of nitrogens with zero attached hydrogens (tertiary/aromatic N) is 2. The van der Waals surface area contributed by atoms with E-state index in [9.17, 15) is 4.79 Å². The van der Waals surface area contributed by atoms with Crippen molar-refractivity contribution in [2.45, 2.75) is 6.42 Å². The smallest absolute Gasteiger partial charge is 0.272 e. The molecule has 0 amide bonds. The van der Waals surface area contributed by atoms with E-state index in [2.05, 4.69) is 9.83 Å². The van der Waals surface area contributed by atoms with Gasteiger partial charge in [0.1, 0.15) is 5.01 Å². The minimum atomic E-state index is -0.0602. The molecule has 0 radical (unpaired) electrons. The third kappa shape index (κ3) is 2.48. The van der Waals surface area contributed by atoms with Gasteiger partial charge in [0, 0.05) is 11.6 Å². The van der Waals surface area contributed by atoms with Gasteiger partial charge in [-0.2, -0.15) is 0 Å². The van der Waals surface area contributed by atoms with E-state index in [0.717, 1.165) is 5.01 Å². The fraction of sp³-hybridized carbons (Fsp3) is 0.286. The molecule has 11 heavy (non-hydrogen) atoms. The summed E-state index contributed by atoms with van der Waals surface area (Å²) in [4.78, 5) is 17.8. The summed E-state index contributed by atoms with van der Waals surface area (Å²) in [6.45, 7) is 6.42. The summed E-state index contributed by atoms with van der Waals surface area (Å²) < 4.78 is 0. The quantitative estimate of drug-likeness (QED) is 0.632. The molecule has 0 aromatic carbocycles. The van der Waals surface area contributed by atoms with Gasteiger partial charge in [0.2, 0.25) is 5.78 Å². The van der Waals surface area contributed by atoms with Gasteiger partial charge in [-0.1, -0.05) is 0 Å². The van der Waals surface area contributed by atoms with Crippen LogP contribution < -0.4 is 0 Å². The van der Waals surface area contributed by atoms with Gasteiger partial charge in [-0.3, -0.25) is 4.79 Å². The van der Waals surface area contributed by atoms with E-state index in [1.165, 1.54) is 11.3 Å². The van der Waals surface area contributed by atoms with E-state index < -0.39 is 0 Å². The molecular weight excluding hydrogens is 160 g/mol. The minimum absolute atomic E-state index is 0.0282. The fourth-order valence-electron chi connectivity index (χ4n) is 0.653. The van der Waals surface area contributed by atoms with E-state index in [4.69, 9.17) is 6.57 Å². The van der Waals surface area contributed by atoms with Crippen molar-refractivity contribution in [3.8, 4) is 0 Å². The maximum absolute atomic E-state index is 10.9. The predicted octanol–water partition coefficient (Wildman–Crippen LogP) is 1.17. The molecule has 0 unspecified atom stereocenters. The van der Waals surface area contributed by atoms with E-state index in [1.807, 2.05) is 5.38 Å². The van der Waals surface area contributed by atoms with E-state index in [1.54, 1.807) is 6.20 Å². The topological polar surface area (TPSA) is 34.3 Å². The predicted molar refractivity (Wildman–Crippen MR) is 42.3 cm³/mol. The molecular formula is C7H6N2OS. The van der Waals surface area contributed by atoms with Crippen molar-refractivity contribution in [1.29, 1.82) is 0 Å². The Kier molecular flexibility index (Phi) is 2.75. The van der Waals surface area contributed by atoms with Crippen molar-refractivity contribution in [3.63, 3.8) is 0 Å². The Morgan fingerprint density at radius 3 is 3.18 bits per heavy atom. The molecule has 0 fully saturated rings. The van der Waals surface area contributed by atoms with Gasteiger partial charge < -0.3 is 4.85 Å². The Hall–Kier alpha value is -1.21. The fourth-order valence-corrected chi connectivity index (χ4v) is 1.30. The molecule has 0 aliphatic heterocycles. The number of hydrogen-bond acceptors (Lipinski definition) is 3. The van der Waals surface area contributed by atoms with Gasteiger partial charge in [0.05, 0.1) is 6.42 Å². The zero-order valence-electron chi connectivity index (χ0n) is 5.78. The van der Waals surface area contributed by atoms with Crippen LogP contribution in [0.1, 0.15) is 5.01 Å². The van der Waals surface area contributed by atoms with Crippen LogP contribution in [0.15, 0.2) is 11.6 Å². The molecule has 0 atom stereocenters. The Bertz CT molecular complexity index is 273. The SMILES string of the molecule is [C-]#[N+]CC(=O)Cc1nccs1. The summed E-state index contributed by atoms with van der Waals surface area (Å²) in [5.74, 6) is -0.0602. The first-order valence-electron chi connectivity index (χ1n) is 3.06. The molecule has 1 aromatic rings. The number of thiazole rings is 1. The van der Waals surface area contributed by atoms with Gasteiger partial charge in [0.15, 0.2) is 0 Å². The number of ketones is 1. The Morgan fingerprint density at radius 1 is 1.82 bits per heavy atom. The summed E-state index contributed by atoms with van der Waals surface area (Å²) in [7, 11) is 0. The highest BCUT2D eigenvalue weighted by Crippen LogP contribution is 2.04. The Balaban J connectivity index is 2.45. The monoisotopic (exact) mass is 166 g/mol. The Labute approximate surface area is 68.5 Å². The standard InChI is InChI=1S/C7H6N2OS/c1-8-5-6(10)4-7-9-2-3-11-7/h2-3H,4-5H2. The average Bonchev–Trinajstić information content (AvgIpc) is 2.40. The molecule has 0 aliphatic carbocycles. The first-order valence-corrected chi connectivity index (χ1v) is 3.94. The molecule has 1 heterocycles. The second-order valence-electron chi connectivity index (χ2n) is 1.96. The van der Waals surface area contributed by atoms with Crippen LogP contribution in [-0.2, 0) is 11.2 Å². The van der Waals surface area contributed by atoms with Crippen LogP contribution in [-0.4, -0.2) is 17.3 Å². The average molecular weight is 166 g/mol. The maximum atomic E-state index is 10.9. The van der Waals surface area contributed by atoms with Gasteiger partial charge in [-0.15, -0.1) is 11.3 Å². The molecule has 0 aliphatic rings. The van der Waals surface area contributed by atoms with Crippen molar-refractivity contribution in [2.24, 2.45) is 0 Å². The number of rotatable bonds is 3. The number of aromatic nitrogens is 1. The second-order valence-corrected chi connectivity index (χ2v) is 2.94. The number of hydrogen-bond donors (Lipinski definition) is 0. The van der Waals surface area contributed by atoms with Crippen LogP contribution in [0.25, 0.3) is 4.85 Å². The van der Waals surface area contributed by atoms with Crippen LogP contribution in [0, 0.1) is 6.57 Å². The van der Waals surface area contributed by atoms with Crippen molar-refractivity contribution in [1.82, 2.24) is 4.98 Å². The number of carbonyl (C=O) groups excluding carboxylic acids is 1. The molecule has 0 saturated heterocycles. The van der Waals surface area contributed by atoms with E-state index in [-0.39, 0.29) is 12.3 Å².